The molecular formula is C13H24N2O. The van der Waals surface area contributed by atoms with E-state index in [0.29, 0.717) is 30.3 Å². The molecule has 1 N–H and O–H groups in total. The highest BCUT2D eigenvalue weighted by Gasteiger charge is 2.30. The van der Waals surface area contributed by atoms with E-state index in [4.69, 9.17) is 0 Å². The molecule has 2 aliphatic rings. The van der Waals surface area contributed by atoms with E-state index in [1.807, 2.05) is 0 Å². The molecule has 3 heteroatoms. The number of hydrogen-bond acceptors (Lipinski definition) is 2. The summed E-state index contributed by atoms with van der Waals surface area (Å²) in [5.41, 5.74) is 0. The zero-order chi connectivity index (χ0) is 11.5. The van der Waals surface area contributed by atoms with Crippen LogP contribution in [0.4, 0.5) is 0 Å². The van der Waals surface area contributed by atoms with Gasteiger partial charge in [0.05, 0.1) is 0 Å². The summed E-state index contributed by atoms with van der Waals surface area (Å²) in [5.74, 6) is 0.951. The first-order valence-corrected chi connectivity index (χ1v) is 6.71. The molecule has 92 valence electrons. The number of nitrogens with zero attached hydrogens (tertiary/aromatic N) is 1. The highest BCUT2D eigenvalue weighted by atomic mass is 16.2. The maximum atomic E-state index is 12.0. The largest absolute Gasteiger partial charge is 0.339 e. The lowest BCUT2D eigenvalue weighted by Crippen LogP contribution is -2.39. The molecule has 2 rings (SSSR count). The third-order valence-corrected chi connectivity index (χ3v) is 3.74. The van der Waals surface area contributed by atoms with Crippen LogP contribution in [0.15, 0.2) is 0 Å². The van der Waals surface area contributed by atoms with Gasteiger partial charge in [0.1, 0.15) is 0 Å². The van der Waals surface area contributed by atoms with Crippen molar-refractivity contribution in [2.75, 3.05) is 13.1 Å². The Kier molecular flexibility index (Phi) is 3.85. The molecule has 0 aromatic heterocycles. The van der Waals surface area contributed by atoms with Crippen LogP contribution in [0.5, 0.6) is 0 Å². The Morgan fingerprint density at radius 2 is 2.12 bits per heavy atom. The molecular weight excluding hydrogens is 200 g/mol. The van der Waals surface area contributed by atoms with Crippen molar-refractivity contribution >= 4 is 5.91 Å². The molecule has 3 nitrogen and oxygen atoms in total. The molecule has 1 aliphatic heterocycles. The molecule has 1 atom stereocenters. The number of carbonyl (C=O) groups is 1. The van der Waals surface area contributed by atoms with Crippen LogP contribution in [-0.2, 0) is 4.79 Å². The van der Waals surface area contributed by atoms with E-state index in [-0.39, 0.29) is 0 Å². The Balaban J connectivity index is 1.73. The Hall–Kier alpha value is -0.570. The number of likely N-dealkylation sites (tertiary alicyclic amines) is 1. The summed E-state index contributed by atoms with van der Waals surface area (Å²) in [7, 11) is 0. The van der Waals surface area contributed by atoms with Crippen molar-refractivity contribution in [1.29, 1.82) is 0 Å². The topological polar surface area (TPSA) is 32.3 Å². The van der Waals surface area contributed by atoms with Gasteiger partial charge in [-0.3, -0.25) is 4.79 Å². The molecule has 0 spiro atoms. The average molecular weight is 224 g/mol. The summed E-state index contributed by atoms with van der Waals surface area (Å²) in [5, 5.41) is 3.41. The summed E-state index contributed by atoms with van der Waals surface area (Å²) in [4.78, 5) is 14.2. The van der Waals surface area contributed by atoms with Crippen LogP contribution < -0.4 is 5.32 Å². The predicted molar refractivity (Wildman–Crippen MR) is 65.2 cm³/mol. The maximum absolute atomic E-state index is 12.0. The van der Waals surface area contributed by atoms with Crippen LogP contribution in [0.3, 0.4) is 0 Å². The van der Waals surface area contributed by atoms with Crippen LogP contribution >= 0.6 is 0 Å². The van der Waals surface area contributed by atoms with Crippen LogP contribution in [-0.4, -0.2) is 36.0 Å². The molecule has 1 saturated heterocycles. The van der Waals surface area contributed by atoms with Gasteiger partial charge in [0.2, 0.25) is 5.91 Å². The smallest absolute Gasteiger partial charge is 0.224 e. The van der Waals surface area contributed by atoms with Crippen molar-refractivity contribution in [3.05, 3.63) is 0 Å². The van der Waals surface area contributed by atoms with Gasteiger partial charge in [-0.1, -0.05) is 13.8 Å². The number of hydrogen-bond donors (Lipinski definition) is 1. The minimum atomic E-state index is 0.351. The molecule has 16 heavy (non-hydrogen) atoms. The second-order valence-electron chi connectivity index (χ2n) is 5.52. The van der Waals surface area contributed by atoms with Gasteiger partial charge in [-0.05, 0) is 31.6 Å². The molecule has 0 aromatic carbocycles. The van der Waals surface area contributed by atoms with E-state index in [0.717, 1.165) is 13.1 Å². The van der Waals surface area contributed by atoms with E-state index < -0.39 is 0 Å². The van der Waals surface area contributed by atoms with Crippen molar-refractivity contribution in [3.8, 4) is 0 Å². The van der Waals surface area contributed by atoms with E-state index in [2.05, 4.69) is 24.1 Å². The second-order valence-corrected chi connectivity index (χ2v) is 5.52. The van der Waals surface area contributed by atoms with Crippen LogP contribution in [0.1, 0.15) is 46.0 Å². The van der Waals surface area contributed by atoms with Gasteiger partial charge in [-0.2, -0.15) is 0 Å². The third kappa shape index (κ3) is 2.97. The molecule has 1 amide bonds. The first-order chi connectivity index (χ1) is 7.68. The fraction of sp³-hybridized carbons (Fsp3) is 0.923. The SMILES string of the molecule is CC(C)C1CCCN1C(=O)CCNC1CC1. The predicted octanol–water partition coefficient (Wildman–Crippen LogP) is 1.78. The fourth-order valence-electron chi connectivity index (χ4n) is 2.61. The summed E-state index contributed by atoms with van der Waals surface area (Å²) >= 11 is 0. The van der Waals surface area contributed by atoms with Crippen LogP contribution in [0, 0.1) is 5.92 Å². The minimum absolute atomic E-state index is 0.351. The second kappa shape index (κ2) is 5.17. The van der Waals surface area contributed by atoms with Crippen LogP contribution in [0.2, 0.25) is 0 Å². The first-order valence-electron chi connectivity index (χ1n) is 6.71. The van der Waals surface area contributed by atoms with Crippen molar-refractivity contribution in [2.24, 2.45) is 5.92 Å². The van der Waals surface area contributed by atoms with E-state index >= 15 is 0 Å². The molecule has 2 fully saturated rings. The van der Waals surface area contributed by atoms with Crippen LogP contribution in [0.25, 0.3) is 0 Å². The molecule has 0 radical (unpaired) electrons. The summed E-state index contributed by atoms with van der Waals surface area (Å²) < 4.78 is 0. The lowest BCUT2D eigenvalue weighted by molar-refractivity contribution is -0.132. The van der Waals surface area contributed by atoms with Crippen molar-refractivity contribution < 1.29 is 4.79 Å². The van der Waals surface area contributed by atoms with Gasteiger partial charge >= 0.3 is 0 Å². The Morgan fingerprint density at radius 3 is 2.75 bits per heavy atom. The summed E-state index contributed by atoms with van der Waals surface area (Å²) in [6.07, 6.45) is 5.66. The monoisotopic (exact) mass is 224 g/mol. The fourth-order valence-corrected chi connectivity index (χ4v) is 2.61. The highest BCUT2D eigenvalue weighted by molar-refractivity contribution is 5.77. The van der Waals surface area contributed by atoms with E-state index in [1.54, 1.807) is 0 Å². The Bertz CT molecular complexity index is 248. The molecule has 1 aliphatic carbocycles. The quantitative estimate of drug-likeness (QED) is 0.772. The summed E-state index contributed by atoms with van der Waals surface area (Å²) in [6.45, 7) is 6.29. The number of rotatable bonds is 5. The molecule has 1 saturated carbocycles. The Morgan fingerprint density at radius 1 is 1.38 bits per heavy atom. The Labute approximate surface area is 98.6 Å². The number of nitrogens with one attached hydrogen (secondary N) is 1. The van der Waals surface area contributed by atoms with Gasteiger partial charge in [0, 0.05) is 31.6 Å². The molecule has 1 unspecified atom stereocenters. The highest BCUT2D eigenvalue weighted by Crippen LogP contribution is 2.24. The van der Waals surface area contributed by atoms with Gasteiger partial charge in [0.25, 0.3) is 0 Å². The van der Waals surface area contributed by atoms with Gasteiger partial charge in [-0.15, -0.1) is 0 Å². The average Bonchev–Trinajstić information content (AvgIpc) is 2.93. The number of amides is 1. The van der Waals surface area contributed by atoms with Crippen molar-refractivity contribution in [3.63, 3.8) is 0 Å². The van der Waals surface area contributed by atoms with E-state index in [9.17, 15) is 4.79 Å². The van der Waals surface area contributed by atoms with Crippen molar-refractivity contribution in [1.82, 2.24) is 10.2 Å². The zero-order valence-electron chi connectivity index (χ0n) is 10.5. The first kappa shape index (κ1) is 11.9. The standard InChI is InChI=1S/C13H24N2O/c1-10(2)12-4-3-9-15(12)13(16)7-8-14-11-5-6-11/h10-12,14H,3-9H2,1-2H3. The molecule has 0 bridgehead atoms. The normalized spacial score (nSPS) is 25.4. The lowest BCUT2D eigenvalue weighted by Gasteiger charge is -2.27. The maximum Gasteiger partial charge on any atom is 0.224 e. The lowest BCUT2D eigenvalue weighted by atomic mass is 10.0. The zero-order valence-corrected chi connectivity index (χ0v) is 10.5. The van der Waals surface area contributed by atoms with Gasteiger partial charge in [-0.25, -0.2) is 0 Å². The minimum Gasteiger partial charge on any atom is -0.339 e. The van der Waals surface area contributed by atoms with E-state index in [1.165, 1.54) is 25.7 Å². The molecule has 1 heterocycles. The van der Waals surface area contributed by atoms with Gasteiger partial charge < -0.3 is 10.2 Å². The third-order valence-electron chi connectivity index (χ3n) is 3.74. The van der Waals surface area contributed by atoms with Crippen molar-refractivity contribution in [2.45, 2.75) is 58.0 Å². The van der Waals surface area contributed by atoms with Gasteiger partial charge in [0.15, 0.2) is 0 Å². The summed E-state index contributed by atoms with van der Waals surface area (Å²) in [6, 6.07) is 1.21. The number of carbonyl (C=O) groups excluding carboxylic acids is 1. The molecule has 0 aromatic rings.